The quantitative estimate of drug-likeness (QED) is 0.744. The van der Waals surface area contributed by atoms with Gasteiger partial charge in [0.2, 0.25) is 5.91 Å². The van der Waals surface area contributed by atoms with Crippen molar-refractivity contribution in [3.63, 3.8) is 0 Å². The van der Waals surface area contributed by atoms with Gasteiger partial charge in [0.25, 0.3) is 0 Å². The molecule has 0 aliphatic rings. The van der Waals surface area contributed by atoms with Crippen molar-refractivity contribution in [2.75, 3.05) is 24.6 Å². The van der Waals surface area contributed by atoms with Gasteiger partial charge in [0.05, 0.1) is 5.75 Å². The molecule has 0 heterocycles. The van der Waals surface area contributed by atoms with Gasteiger partial charge in [0.15, 0.2) is 9.84 Å². The first-order chi connectivity index (χ1) is 10.3. The van der Waals surface area contributed by atoms with E-state index in [1.165, 1.54) is 0 Å². The molecule has 0 aliphatic heterocycles. The van der Waals surface area contributed by atoms with Gasteiger partial charge in [0.1, 0.15) is 5.75 Å². The van der Waals surface area contributed by atoms with Crippen LogP contribution in [0.4, 0.5) is 0 Å². The number of hydrogen-bond donors (Lipinski definition) is 1. The van der Waals surface area contributed by atoms with Crippen LogP contribution in [0.5, 0.6) is 0 Å². The highest BCUT2D eigenvalue weighted by molar-refractivity contribution is 7.92. The molecule has 5 nitrogen and oxygen atoms in total. The maximum Gasteiger partial charge on any atom is 0.238 e. The molecule has 124 valence electrons. The molecule has 1 aromatic rings. The highest BCUT2D eigenvalue weighted by Gasteiger charge is 2.22. The maximum atomic E-state index is 12.4. The van der Waals surface area contributed by atoms with Crippen molar-refractivity contribution in [1.82, 2.24) is 4.90 Å². The Bertz CT molecular complexity index is 556. The molecular weight excluding hydrogens is 300 g/mol. The number of nitrogens with zero attached hydrogens (tertiary/aromatic N) is 1. The van der Waals surface area contributed by atoms with Gasteiger partial charge in [-0.15, -0.1) is 0 Å². The second kappa shape index (κ2) is 8.90. The van der Waals surface area contributed by atoms with Crippen LogP contribution in [0.15, 0.2) is 30.3 Å². The van der Waals surface area contributed by atoms with Crippen LogP contribution in [-0.4, -0.2) is 43.8 Å². The second-order valence-electron chi connectivity index (χ2n) is 5.89. The number of rotatable bonds is 9. The normalized spacial score (nSPS) is 11.6. The SMILES string of the molecule is CC(C)CS(=O)(=O)CC(=O)N(CCCN)Cc1ccccc1. The average molecular weight is 326 g/mol. The molecule has 1 amide bonds. The molecule has 0 unspecified atom stereocenters. The second-order valence-corrected chi connectivity index (χ2v) is 8.00. The number of nitrogens with two attached hydrogens (primary N) is 1. The lowest BCUT2D eigenvalue weighted by Crippen LogP contribution is -2.37. The molecule has 0 fully saturated rings. The number of amides is 1. The van der Waals surface area contributed by atoms with Crippen LogP contribution in [0.1, 0.15) is 25.8 Å². The molecule has 2 N–H and O–H groups in total. The summed E-state index contributed by atoms with van der Waals surface area (Å²) < 4.78 is 24.0. The molecule has 6 heteroatoms. The predicted octanol–water partition coefficient (Wildman–Crippen LogP) is 1.43. The van der Waals surface area contributed by atoms with Crippen LogP contribution in [0, 0.1) is 5.92 Å². The van der Waals surface area contributed by atoms with Crippen LogP contribution >= 0.6 is 0 Å². The van der Waals surface area contributed by atoms with Gasteiger partial charge in [-0.3, -0.25) is 4.79 Å². The van der Waals surface area contributed by atoms with Crippen LogP contribution < -0.4 is 5.73 Å². The molecule has 0 radical (unpaired) electrons. The third-order valence-electron chi connectivity index (χ3n) is 3.13. The zero-order valence-electron chi connectivity index (χ0n) is 13.4. The van der Waals surface area contributed by atoms with E-state index in [1.54, 1.807) is 4.90 Å². The fraction of sp³-hybridized carbons (Fsp3) is 0.562. The van der Waals surface area contributed by atoms with E-state index in [4.69, 9.17) is 5.73 Å². The number of hydrogen-bond acceptors (Lipinski definition) is 4. The Morgan fingerprint density at radius 3 is 2.41 bits per heavy atom. The van der Waals surface area contributed by atoms with Crippen molar-refractivity contribution in [3.05, 3.63) is 35.9 Å². The molecule has 1 rings (SSSR count). The summed E-state index contributed by atoms with van der Waals surface area (Å²) in [7, 11) is -3.36. The molecular formula is C16H26N2O3S. The smallest absolute Gasteiger partial charge is 0.238 e. The summed E-state index contributed by atoms with van der Waals surface area (Å²) in [6.45, 7) is 5.02. The largest absolute Gasteiger partial charge is 0.337 e. The zero-order chi connectivity index (χ0) is 16.6. The van der Waals surface area contributed by atoms with E-state index in [9.17, 15) is 13.2 Å². The first kappa shape index (κ1) is 18.6. The topological polar surface area (TPSA) is 80.5 Å². The lowest BCUT2D eigenvalue weighted by molar-refractivity contribution is -0.129. The fourth-order valence-corrected chi connectivity index (χ4v) is 3.92. The zero-order valence-corrected chi connectivity index (χ0v) is 14.2. The van der Waals surface area contributed by atoms with Crippen molar-refractivity contribution in [3.8, 4) is 0 Å². The minimum Gasteiger partial charge on any atom is -0.337 e. The first-order valence-electron chi connectivity index (χ1n) is 7.56. The van der Waals surface area contributed by atoms with E-state index in [2.05, 4.69) is 0 Å². The molecule has 0 saturated heterocycles. The van der Waals surface area contributed by atoms with Gasteiger partial charge in [0, 0.05) is 13.1 Å². The van der Waals surface area contributed by atoms with Gasteiger partial charge in [-0.05, 0) is 24.4 Å². The van der Waals surface area contributed by atoms with E-state index in [-0.39, 0.29) is 17.6 Å². The summed E-state index contributed by atoms with van der Waals surface area (Å²) in [5.41, 5.74) is 6.49. The van der Waals surface area contributed by atoms with Gasteiger partial charge in [-0.25, -0.2) is 8.42 Å². The van der Waals surface area contributed by atoms with Gasteiger partial charge < -0.3 is 10.6 Å². The monoisotopic (exact) mass is 326 g/mol. The standard InChI is InChI=1S/C16H26N2O3S/c1-14(2)12-22(20,21)13-16(19)18(10-6-9-17)11-15-7-4-3-5-8-15/h3-5,7-8,14H,6,9-13,17H2,1-2H3. The average Bonchev–Trinajstić information content (AvgIpc) is 2.42. The summed E-state index contributed by atoms with van der Waals surface area (Å²) in [4.78, 5) is 13.9. The molecule has 0 aliphatic carbocycles. The summed E-state index contributed by atoms with van der Waals surface area (Å²) in [6, 6.07) is 9.55. The molecule has 0 aromatic heterocycles. The van der Waals surface area contributed by atoms with Crippen molar-refractivity contribution >= 4 is 15.7 Å². The third kappa shape index (κ3) is 7.04. The number of benzene rings is 1. The van der Waals surface area contributed by atoms with Crippen LogP contribution in [0.25, 0.3) is 0 Å². The molecule has 22 heavy (non-hydrogen) atoms. The number of carbonyl (C=O) groups excluding carboxylic acids is 1. The van der Waals surface area contributed by atoms with Gasteiger partial charge in [-0.1, -0.05) is 44.2 Å². The highest BCUT2D eigenvalue weighted by atomic mass is 32.2. The lowest BCUT2D eigenvalue weighted by atomic mass is 10.2. The van der Waals surface area contributed by atoms with Crippen molar-refractivity contribution in [1.29, 1.82) is 0 Å². The molecule has 0 saturated carbocycles. The Morgan fingerprint density at radius 1 is 1.23 bits per heavy atom. The van der Waals surface area contributed by atoms with Gasteiger partial charge in [-0.2, -0.15) is 0 Å². The molecule has 1 aromatic carbocycles. The summed E-state index contributed by atoms with van der Waals surface area (Å²) in [5.74, 6) is -0.723. The Morgan fingerprint density at radius 2 is 1.86 bits per heavy atom. The number of sulfone groups is 1. The van der Waals surface area contributed by atoms with E-state index >= 15 is 0 Å². The fourth-order valence-electron chi connectivity index (χ4n) is 2.22. The van der Waals surface area contributed by atoms with E-state index in [1.807, 2.05) is 44.2 Å². The van der Waals surface area contributed by atoms with Crippen molar-refractivity contribution < 1.29 is 13.2 Å². The summed E-state index contributed by atoms with van der Waals surface area (Å²) >= 11 is 0. The highest BCUT2D eigenvalue weighted by Crippen LogP contribution is 2.08. The lowest BCUT2D eigenvalue weighted by Gasteiger charge is -2.23. The molecule has 0 bridgehead atoms. The van der Waals surface area contributed by atoms with Gasteiger partial charge >= 0.3 is 0 Å². The van der Waals surface area contributed by atoms with Crippen LogP contribution in [0.3, 0.4) is 0 Å². The van der Waals surface area contributed by atoms with E-state index in [0.717, 1.165) is 5.56 Å². The predicted molar refractivity (Wildman–Crippen MR) is 89.0 cm³/mol. The first-order valence-corrected chi connectivity index (χ1v) is 9.38. The number of carbonyl (C=O) groups is 1. The van der Waals surface area contributed by atoms with Crippen molar-refractivity contribution in [2.24, 2.45) is 11.7 Å². The summed E-state index contributed by atoms with van der Waals surface area (Å²) in [6.07, 6.45) is 0.656. The molecule has 0 atom stereocenters. The van der Waals surface area contributed by atoms with E-state index in [0.29, 0.717) is 26.1 Å². The Hall–Kier alpha value is -1.40. The van der Waals surface area contributed by atoms with Crippen LogP contribution in [-0.2, 0) is 21.2 Å². The Balaban J connectivity index is 2.76. The third-order valence-corrected chi connectivity index (χ3v) is 4.99. The summed E-state index contributed by atoms with van der Waals surface area (Å²) in [5, 5.41) is 0. The van der Waals surface area contributed by atoms with E-state index < -0.39 is 15.6 Å². The Kier molecular flexibility index (Phi) is 7.55. The molecule has 0 spiro atoms. The minimum absolute atomic E-state index is 0.0180. The maximum absolute atomic E-state index is 12.4. The van der Waals surface area contributed by atoms with Crippen LogP contribution in [0.2, 0.25) is 0 Å². The van der Waals surface area contributed by atoms with Crippen molar-refractivity contribution in [2.45, 2.75) is 26.8 Å². The Labute approximate surface area is 133 Å². The minimum atomic E-state index is -3.36.